The molecule has 1 atom stereocenters. The van der Waals surface area contributed by atoms with Gasteiger partial charge in [0.1, 0.15) is 0 Å². The van der Waals surface area contributed by atoms with Crippen LogP contribution in [-0.4, -0.2) is 42.9 Å². The highest BCUT2D eigenvalue weighted by atomic mass is 16.2. The molecule has 2 N–H and O–H groups in total. The van der Waals surface area contributed by atoms with Crippen molar-refractivity contribution < 1.29 is 9.59 Å². The fourth-order valence-corrected chi connectivity index (χ4v) is 4.36. The molecule has 2 aromatic carbocycles. The molecule has 2 aliphatic rings. The highest BCUT2D eigenvalue weighted by molar-refractivity contribution is 6.08. The number of likely N-dealkylation sites (N-methyl/N-ethyl adjacent to an activating group) is 1. The Hall–Kier alpha value is -2.66. The Kier molecular flexibility index (Phi) is 4.48. The highest BCUT2D eigenvalue weighted by Crippen LogP contribution is 2.46. The number of para-hydroxylation sites is 1. The second-order valence-corrected chi connectivity index (χ2v) is 7.68. The molecule has 5 nitrogen and oxygen atoms in total. The fraction of sp³-hybridized carbons (Fsp3) is 0.364. The number of rotatable bonds is 5. The third-order valence-corrected chi connectivity index (χ3v) is 5.87. The summed E-state index contributed by atoms with van der Waals surface area (Å²) in [5, 5.41) is 0. The summed E-state index contributed by atoms with van der Waals surface area (Å²) in [6.07, 6.45) is 1.46. The van der Waals surface area contributed by atoms with Crippen molar-refractivity contribution in [1.29, 1.82) is 0 Å². The second-order valence-electron chi connectivity index (χ2n) is 7.68. The smallest absolute Gasteiger partial charge is 0.237 e. The summed E-state index contributed by atoms with van der Waals surface area (Å²) >= 11 is 0. The third-order valence-electron chi connectivity index (χ3n) is 5.87. The van der Waals surface area contributed by atoms with E-state index in [1.165, 1.54) is 0 Å². The van der Waals surface area contributed by atoms with E-state index in [4.69, 9.17) is 5.73 Å². The maximum Gasteiger partial charge on any atom is 0.237 e. The summed E-state index contributed by atoms with van der Waals surface area (Å²) in [4.78, 5) is 29.5. The lowest BCUT2D eigenvalue weighted by molar-refractivity contribution is -0.136. The van der Waals surface area contributed by atoms with Gasteiger partial charge in [-0.15, -0.1) is 0 Å². The van der Waals surface area contributed by atoms with Crippen LogP contribution in [0.5, 0.6) is 0 Å². The number of hydrogen-bond acceptors (Lipinski definition) is 3. The molecule has 0 spiro atoms. The zero-order chi connectivity index (χ0) is 19.0. The minimum atomic E-state index is -0.699. The summed E-state index contributed by atoms with van der Waals surface area (Å²) in [5.74, 6) is 0.157. The van der Waals surface area contributed by atoms with Gasteiger partial charge in [-0.05, 0) is 30.0 Å². The molecule has 2 heterocycles. The lowest BCUT2D eigenvalue weighted by atomic mass is 9.73. The van der Waals surface area contributed by atoms with Crippen molar-refractivity contribution in [2.24, 2.45) is 5.73 Å². The lowest BCUT2D eigenvalue weighted by Gasteiger charge is -2.38. The van der Waals surface area contributed by atoms with Crippen LogP contribution in [0.3, 0.4) is 0 Å². The van der Waals surface area contributed by atoms with Crippen molar-refractivity contribution in [3.05, 3.63) is 65.7 Å². The van der Waals surface area contributed by atoms with Crippen molar-refractivity contribution >= 4 is 17.5 Å². The highest BCUT2D eigenvalue weighted by Gasteiger charge is 2.49. The Morgan fingerprint density at radius 2 is 1.78 bits per heavy atom. The van der Waals surface area contributed by atoms with Gasteiger partial charge in [0.2, 0.25) is 11.8 Å². The lowest BCUT2D eigenvalue weighted by Crippen LogP contribution is -2.58. The summed E-state index contributed by atoms with van der Waals surface area (Å²) in [5.41, 5.74) is 8.17. The number of nitrogens with zero attached hydrogens (tertiary/aromatic N) is 2. The van der Waals surface area contributed by atoms with Gasteiger partial charge in [0, 0.05) is 38.3 Å². The number of fused-ring (bicyclic) bond motifs is 1. The molecule has 0 saturated carbocycles. The Bertz CT molecular complexity index is 861. The standard InChI is InChI=1S/C22H25N3O2/c1-24-19-10-6-5-9-18(19)22(21(24)27,13-16-7-3-2-4-8-16)12-11-20(26)25-14-17(23)15-25/h2-10,17H,11-15,23H2,1H3/t22-/m1/s1. The van der Waals surface area contributed by atoms with Crippen LogP contribution >= 0.6 is 0 Å². The maximum absolute atomic E-state index is 13.4. The third kappa shape index (κ3) is 3.02. The fourth-order valence-electron chi connectivity index (χ4n) is 4.36. The largest absolute Gasteiger partial charge is 0.339 e. The van der Waals surface area contributed by atoms with Crippen molar-refractivity contribution in [3.63, 3.8) is 0 Å². The summed E-state index contributed by atoms with van der Waals surface area (Å²) in [6, 6.07) is 18.1. The van der Waals surface area contributed by atoms with Crippen molar-refractivity contribution in [1.82, 2.24) is 4.90 Å². The molecule has 140 valence electrons. The molecule has 0 aliphatic carbocycles. The van der Waals surface area contributed by atoms with Gasteiger partial charge in [-0.25, -0.2) is 0 Å². The Morgan fingerprint density at radius 3 is 2.48 bits per heavy atom. The average molecular weight is 363 g/mol. The summed E-state index contributed by atoms with van der Waals surface area (Å²) < 4.78 is 0. The van der Waals surface area contributed by atoms with Gasteiger partial charge in [-0.1, -0.05) is 48.5 Å². The monoisotopic (exact) mass is 363 g/mol. The van der Waals surface area contributed by atoms with E-state index in [1.54, 1.807) is 9.80 Å². The second kappa shape index (κ2) is 6.82. The van der Waals surface area contributed by atoms with Gasteiger partial charge < -0.3 is 15.5 Å². The Morgan fingerprint density at radius 1 is 1.11 bits per heavy atom. The molecular formula is C22H25N3O2. The predicted octanol–water partition coefficient (Wildman–Crippen LogP) is 2.09. The zero-order valence-corrected chi connectivity index (χ0v) is 15.6. The summed E-state index contributed by atoms with van der Waals surface area (Å²) in [6.45, 7) is 1.24. The molecule has 1 saturated heterocycles. The normalized spacial score (nSPS) is 21.9. The molecule has 5 heteroatoms. The number of likely N-dealkylation sites (tertiary alicyclic amines) is 1. The minimum absolute atomic E-state index is 0.0701. The van der Waals surface area contributed by atoms with Crippen LogP contribution in [0.25, 0.3) is 0 Å². The number of carbonyl (C=O) groups excluding carboxylic acids is 2. The number of nitrogens with two attached hydrogens (primary N) is 1. The topological polar surface area (TPSA) is 66.6 Å². The van der Waals surface area contributed by atoms with Crippen LogP contribution in [0.15, 0.2) is 54.6 Å². The molecule has 0 bridgehead atoms. The molecule has 1 fully saturated rings. The number of hydrogen-bond donors (Lipinski definition) is 1. The predicted molar refractivity (Wildman–Crippen MR) is 105 cm³/mol. The molecule has 2 amide bonds. The zero-order valence-electron chi connectivity index (χ0n) is 15.6. The van der Waals surface area contributed by atoms with Crippen LogP contribution in [0.4, 0.5) is 5.69 Å². The molecule has 0 radical (unpaired) electrons. The molecule has 0 aromatic heterocycles. The van der Waals surface area contributed by atoms with Gasteiger partial charge in [0.15, 0.2) is 0 Å². The van der Waals surface area contributed by atoms with E-state index in [1.807, 2.05) is 61.6 Å². The molecule has 27 heavy (non-hydrogen) atoms. The first-order valence-corrected chi connectivity index (χ1v) is 9.46. The number of anilines is 1. The van der Waals surface area contributed by atoms with Gasteiger partial charge in [-0.2, -0.15) is 0 Å². The number of amides is 2. The first-order valence-electron chi connectivity index (χ1n) is 9.46. The van der Waals surface area contributed by atoms with Crippen LogP contribution in [0.1, 0.15) is 24.0 Å². The summed E-state index contributed by atoms with van der Waals surface area (Å²) in [7, 11) is 1.82. The molecule has 2 aliphatic heterocycles. The van der Waals surface area contributed by atoms with E-state index < -0.39 is 5.41 Å². The maximum atomic E-state index is 13.4. The minimum Gasteiger partial charge on any atom is -0.339 e. The molecule has 0 unspecified atom stereocenters. The molecule has 4 rings (SSSR count). The Labute approximate surface area is 159 Å². The van der Waals surface area contributed by atoms with Gasteiger partial charge in [-0.3, -0.25) is 9.59 Å². The van der Waals surface area contributed by atoms with Crippen molar-refractivity contribution in [2.75, 3.05) is 25.0 Å². The van der Waals surface area contributed by atoms with Crippen LogP contribution < -0.4 is 10.6 Å². The van der Waals surface area contributed by atoms with Gasteiger partial charge >= 0.3 is 0 Å². The average Bonchev–Trinajstić information content (AvgIpc) is 2.87. The van der Waals surface area contributed by atoms with Crippen LogP contribution in [0.2, 0.25) is 0 Å². The first-order chi connectivity index (χ1) is 13.0. The molecular weight excluding hydrogens is 338 g/mol. The van der Waals surface area contributed by atoms with E-state index in [-0.39, 0.29) is 17.9 Å². The Balaban J connectivity index is 1.66. The van der Waals surface area contributed by atoms with E-state index in [2.05, 4.69) is 0 Å². The SMILES string of the molecule is CN1C(=O)[C@](CCC(=O)N2CC(N)C2)(Cc2ccccc2)c2ccccc21. The van der Waals surface area contributed by atoms with Gasteiger partial charge in [0.05, 0.1) is 5.41 Å². The number of benzene rings is 2. The van der Waals surface area contributed by atoms with E-state index >= 15 is 0 Å². The molecule has 2 aromatic rings. The first kappa shape index (κ1) is 17.7. The van der Waals surface area contributed by atoms with E-state index in [0.29, 0.717) is 32.4 Å². The van der Waals surface area contributed by atoms with Crippen molar-refractivity contribution in [2.45, 2.75) is 30.7 Å². The number of carbonyl (C=O) groups is 2. The van der Waals surface area contributed by atoms with Crippen molar-refractivity contribution in [3.8, 4) is 0 Å². The van der Waals surface area contributed by atoms with E-state index in [0.717, 1.165) is 16.8 Å². The quantitative estimate of drug-likeness (QED) is 0.885. The van der Waals surface area contributed by atoms with Crippen LogP contribution in [0, 0.1) is 0 Å². The van der Waals surface area contributed by atoms with Crippen LogP contribution in [-0.2, 0) is 21.4 Å². The van der Waals surface area contributed by atoms with Gasteiger partial charge in [0.25, 0.3) is 0 Å². The van der Waals surface area contributed by atoms with E-state index in [9.17, 15) is 9.59 Å².